The summed E-state index contributed by atoms with van der Waals surface area (Å²) in [5, 5.41) is 31.4. The van der Waals surface area contributed by atoms with Crippen molar-refractivity contribution in [3.05, 3.63) is 36.4 Å². The van der Waals surface area contributed by atoms with Crippen LogP contribution in [-0.4, -0.2) is 52.8 Å². The van der Waals surface area contributed by atoms with Crippen LogP contribution in [0.5, 0.6) is 0 Å². The lowest BCUT2D eigenvalue weighted by atomic mass is 10.1. The third kappa shape index (κ3) is 5.58. The van der Waals surface area contributed by atoms with Gasteiger partial charge in [-0.25, -0.2) is 0 Å². The Labute approximate surface area is 180 Å². The number of nitrogens with zero attached hydrogens (tertiary/aromatic N) is 7. The fourth-order valence-corrected chi connectivity index (χ4v) is 3.65. The molecule has 2 N–H and O–H groups in total. The summed E-state index contributed by atoms with van der Waals surface area (Å²) in [5.41, 5.74) is 1.07. The van der Waals surface area contributed by atoms with Crippen molar-refractivity contribution >= 4 is 46.7 Å². The summed E-state index contributed by atoms with van der Waals surface area (Å²) >= 11 is 2.48. The van der Waals surface area contributed by atoms with E-state index in [1.165, 1.54) is 29.6 Å². The second kappa shape index (κ2) is 9.90. The second-order valence-electron chi connectivity index (χ2n) is 5.99. The van der Waals surface area contributed by atoms with E-state index in [9.17, 15) is 14.9 Å². The Kier molecular flexibility index (Phi) is 7.04. The third-order valence-electron chi connectivity index (χ3n) is 3.70. The van der Waals surface area contributed by atoms with Crippen LogP contribution in [0.15, 0.2) is 41.2 Å². The maximum absolute atomic E-state index is 12.2. The van der Waals surface area contributed by atoms with Crippen LogP contribution in [0.4, 0.5) is 11.4 Å². The van der Waals surface area contributed by atoms with Gasteiger partial charge >= 0.3 is 0 Å². The van der Waals surface area contributed by atoms with Crippen LogP contribution in [0.2, 0.25) is 0 Å². The zero-order chi connectivity index (χ0) is 21.5. The lowest BCUT2D eigenvalue weighted by Gasteiger charge is -2.10. The zero-order valence-corrected chi connectivity index (χ0v) is 17.7. The molecule has 0 spiro atoms. The molecule has 11 nitrogen and oxygen atoms in total. The first kappa shape index (κ1) is 21.3. The summed E-state index contributed by atoms with van der Waals surface area (Å²) in [5.74, 6) is -0.262. The van der Waals surface area contributed by atoms with Gasteiger partial charge in [0.05, 0.1) is 22.8 Å². The van der Waals surface area contributed by atoms with E-state index in [1.54, 1.807) is 48.0 Å². The smallest absolute Gasteiger partial charge is 0.234 e. The highest BCUT2D eigenvalue weighted by Gasteiger charge is 2.12. The molecule has 30 heavy (non-hydrogen) atoms. The number of amides is 2. The number of aromatic nitrogens is 6. The van der Waals surface area contributed by atoms with Crippen LogP contribution < -0.4 is 10.6 Å². The van der Waals surface area contributed by atoms with E-state index in [2.05, 4.69) is 31.0 Å². The molecule has 0 bridgehead atoms. The molecule has 0 saturated heterocycles. The van der Waals surface area contributed by atoms with E-state index >= 15 is 0 Å². The van der Waals surface area contributed by atoms with Crippen molar-refractivity contribution in [2.24, 2.45) is 14.1 Å². The minimum Gasteiger partial charge on any atom is -0.325 e. The largest absolute Gasteiger partial charge is 0.325 e. The number of carbonyl (C=O) groups is 2. The minimum atomic E-state index is -0.281. The Morgan fingerprint density at radius 3 is 2.07 bits per heavy atom. The average molecular weight is 444 g/mol. The van der Waals surface area contributed by atoms with Gasteiger partial charge in [-0.1, -0.05) is 23.5 Å². The SMILES string of the molecule is Cn1cnnc1SCC(=O)Nc1ccc(NC(=O)CSc2nncn2C)c(C#N)c1. The molecule has 0 atom stereocenters. The van der Waals surface area contributed by atoms with Gasteiger partial charge in [-0.3, -0.25) is 9.59 Å². The molecule has 0 saturated carbocycles. The monoisotopic (exact) mass is 443 g/mol. The molecule has 0 aliphatic carbocycles. The van der Waals surface area contributed by atoms with E-state index in [4.69, 9.17) is 0 Å². The van der Waals surface area contributed by atoms with Crippen LogP contribution in [0.1, 0.15) is 5.56 Å². The Balaban J connectivity index is 1.55. The molecule has 3 rings (SSSR count). The zero-order valence-electron chi connectivity index (χ0n) is 16.1. The lowest BCUT2D eigenvalue weighted by molar-refractivity contribution is -0.114. The third-order valence-corrected chi connectivity index (χ3v) is 5.77. The first-order valence-corrected chi connectivity index (χ1v) is 10.5. The molecule has 154 valence electrons. The molecule has 2 aromatic heterocycles. The number of nitrogens with one attached hydrogen (secondary N) is 2. The molecular weight excluding hydrogens is 426 g/mol. The van der Waals surface area contributed by atoms with Gasteiger partial charge in [0.15, 0.2) is 10.3 Å². The first-order chi connectivity index (χ1) is 14.5. The fraction of sp³-hybridized carbons (Fsp3) is 0.235. The Morgan fingerprint density at radius 1 is 1.00 bits per heavy atom. The van der Waals surface area contributed by atoms with Gasteiger partial charge in [-0.15, -0.1) is 20.4 Å². The summed E-state index contributed by atoms with van der Waals surface area (Å²) in [7, 11) is 3.57. The minimum absolute atomic E-state index is 0.120. The normalized spacial score (nSPS) is 10.4. The van der Waals surface area contributed by atoms with Gasteiger partial charge in [0.2, 0.25) is 11.8 Å². The number of anilines is 2. The molecule has 0 aliphatic heterocycles. The predicted octanol–water partition coefficient (Wildman–Crippen LogP) is 1.28. The molecular formula is C17H17N9O2S2. The van der Waals surface area contributed by atoms with Crippen LogP contribution in [0.3, 0.4) is 0 Å². The molecule has 1 aromatic carbocycles. The summed E-state index contributed by atoms with van der Waals surface area (Å²) in [6, 6.07) is 6.74. The Hall–Kier alpha value is -3.37. The molecule has 0 fully saturated rings. The molecule has 2 heterocycles. The Morgan fingerprint density at radius 2 is 1.57 bits per heavy atom. The molecule has 2 amide bonds. The van der Waals surface area contributed by atoms with Crippen LogP contribution in [0.25, 0.3) is 0 Å². The second-order valence-corrected chi connectivity index (χ2v) is 7.88. The molecule has 0 aliphatic rings. The number of hydrogen-bond donors (Lipinski definition) is 2. The quantitative estimate of drug-likeness (QED) is 0.492. The first-order valence-electron chi connectivity index (χ1n) is 8.53. The van der Waals surface area contributed by atoms with Crippen LogP contribution in [0, 0.1) is 11.3 Å². The topological polar surface area (TPSA) is 143 Å². The van der Waals surface area contributed by atoms with E-state index in [1.807, 2.05) is 6.07 Å². The number of rotatable bonds is 8. The molecule has 13 heteroatoms. The average Bonchev–Trinajstić information content (AvgIpc) is 3.33. The van der Waals surface area contributed by atoms with Gasteiger partial charge in [0.1, 0.15) is 18.7 Å². The summed E-state index contributed by atoms with van der Waals surface area (Å²) < 4.78 is 3.42. The van der Waals surface area contributed by atoms with Gasteiger partial charge in [0.25, 0.3) is 0 Å². The molecule has 3 aromatic rings. The van der Waals surface area contributed by atoms with Gasteiger partial charge in [-0.05, 0) is 18.2 Å². The van der Waals surface area contributed by atoms with Crippen molar-refractivity contribution in [3.8, 4) is 6.07 Å². The molecule has 0 radical (unpaired) electrons. The maximum Gasteiger partial charge on any atom is 0.234 e. The van der Waals surface area contributed by atoms with E-state index in [0.717, 1.165) is 0 Å². The van der Waals surface area contributed by atoms with Crippen molar-refractivity contribution in [1.29, 1.82) is 5.26 Å². The maximum atomic E-state index is 12.2. The van der Waals surface area contributed by atoms with E-state index < -0.39 is 0 Å². The van der Waals surface area contributed by atoms with Gasteiger partial charge < -0.3 is 19.8 Å². The van der Waals surface area contributed by atoms with Crippen molar-refractivity contribution in [3.63, 3.8) is 0 Å². The highest BCUT2D eigenvalue weighted by atomic mass is 32.2. The van der Waals surface area contributed by atoms with Crippen molar-refractivity contribution in [2.75, 3.05) is 22.1 Å². The van der Waals surface area contributed by atoms with Crippen LogP contribution >= 0.6 is 23.5 Å². The molecule has 0 unspecified atom stereocenters. The number of aryl methyl sites for hydroxylation is 2. The number of thioether (sulfide) groups is 2. The Bertz CT molecular complexity index is 1100. The number of benzene rings is 1. The number of carbonyl (C=O) groups excluding carboxylic acids is 2. The van der Waals surface area contributed by atoms with E-state index in [0.29, 0.717) is 21.7 Å². The highest BCUT2D eigenvalue weighted by Crippen LogP contribution is 2.22. The van der Waals surface area contributed by atoms with Gasteiger partial charge in [0, 0.05) is 19.8 Å². The lowest BCUT2D eigenvalue weighted by Crippen LogP contribution is -2.17. The summed E-state index contributed by atoms with van der Waals surface area (Å²) in [6.45, 7) is 0. The highest BCUT2D eigenvalue weighted by molar-refractivity contribution is 8.00. The predicted molar refractivity (Wildman–Crippen MR) is 112 cm³/mol. The fourth-order valence-electron chi connectivity index (χ4n) is 2.27. The van der Waals surface area contributed by atoms with E-state index in [-0.39, 0.29) is 28.9 Å². The van der Waals surface area contributed by atoms with Crippen molar-refractivity contribution in [2.45, 2.75) is 10.3 Å². The van der Waals surface area contributed by atoms with Crippen molar-refractivity contribution < 1.29 is 9.59 Å². The number of nitriles is 1. The summed E-state index contributed by atoms with van der Waals surface area (Å²) in [6.07, 6.45) is 3.10. The van der Waals surface area contributed by atoms with Gasteiger partial charge in [-0.2, -0.15) is 5.26 Å². The van der Waals surface area contributed by atoms with Crippen molar-refractivity contribution in [1.82, 2.24) is 29.5 Å². The number of hydrogen-bond acceptors (Lipinski definition) is 9. The summed E-state index contributed by atoms with van der Waals surface area (Å²) in [4.78, 5) is 24.3. The standard InChI is InChI=1S/C17H17N9O2S2/c1-25-9-19-23-16(25)29-7-14(27)21-12-3-4-13(11(5-12)6-18)22-15(28)8-30-17-24-20-10-26(17)2/h3-5,9-10H,7-8H2,1-2H3,(H,21,27)(H,22,28). The van der Waals surface area contributed by atoms with Crippen LogP contribution in [-0.2, 0) is 23.7 Å².